The summed E-state index contributed by atoms with van der Waals surface area (Å²) in [5.41, 5.74) is 3.99. The first-order chi connectivity index (χ1) is 18.0. The largest absolute Gasteiger partial charge is 0.493 e. The molecule has 1 N–H and O–H groups in total. The lowest BCUT2D eigenvalue weighted by Gasteiger charge is -2.32. The molecule has 5 rings (SSSR count). The Morgan fingerprint density at radius 3 is 2.70 bits per heavy atom. The molecule has 2 aromatic heterocycles. The predicted octanol–water partition coefficient (Wildman–Crippen LogP) is 4.72. The topological polar surface area (TPSA) is 85.2 Å². The summed E-state index contributed by atoms with van der Waals surface area (Å²) in [5, 5.41) is 3.00. The Morgan fingerprint density at radius 1 is 1.08 bits per heavy atom. The molecule has 8 nitrogen and oxygen atoms in total. The molecule has 0 aliphatic carbocycles. The summed E-state index contributed by atoms with van der Waals surface area (Å²) in [4.78, 5) is 32.4. The minimum Gasteiger partial charge on any atom is -0.493 e. The molecule has 1 unspecified atom stereocenters. The monoisotopic (exact) mass is 498 g/mol. The van der Waals surface area contributed by atoms with E-state index >= 15 is 0 Å². The molecule has 0 saturated carbocycles. The number of hydrogen-bond acceptors (Lipinski definition) is 5. The second-order valence-electron chi connectivity index (χ2n) is 9.30. The van der Waals surface area contributed by atoms with Crippen LogP contribution in [-0.2, 0) is 11.4 Å². The van der Waals surface area contributed by atoms with Gasteiger partial charge in [-0.2, -0.15) is 0 Å². The molecule has 2 aromatic carbocycles. The van der Waals surface area contributed by atoms with Gasteiger partial charge in [0.05, 0.1) is 18.7 Å². The number of anilines is 1. The number of imidazole rings is 1. The standard InChI is InChI=1S/C29H30N4O4/c1-20-8-10-21(11-9-20)29(35)33-15-5-6-22(17-33)28(34)31-23-12-13-25(36-2)26(16-23)37-19-24-18-32-14-4-3-7-27(32)30-24/h3-4,7-14,16,18,22H,5-6,15,17,19H2,1-2H3,(H,31,34). The number of ether oxygens (including phenoxy) is 2. The van der Waals surface area contributed by atoms with Gasteiger partial charge in [0, 0.05) is 42.8 Å². The van der Waals surface area contributed by atoms with Gasteiger partial charge in [0.2, 0.25) is 5.91 Å². The summed E-state index contributed by atoms with van der Waals surface area (Å²) >= 11 is 0. The van der Waals surface area contributed by atoms with E-state index in [1.165, 1.54) is 0 Å². The summed E-state index contributed by atoms with van der Waals surface area (Å²) in [6.45, 7) is 3.30. The number of pyridine rings is 1. The van der Waals surface area contributed by atoms with Crippen molar-refractivity contribution in [3.63, 3.8) is 0 Å². The molecule has 1 fully saturated rings. The van der Waals surface area contributed by atoms with Crippen LogP contribution in [-0.4, -0.2) is 46.3 Å². The summed E-state index contributed by atoms with van der Waals surface area (Å²) in [6, 6.07) is 18.7. The molecule has 0 radical (unpaired) electrons. The zero-order valence-electron chi connectivity index (χ0n) is 21.0. The van der Waals surface area contributed by atoms with Crippen LogP contribution in [0, 0.1) is 12.8 Å². The maximum atomic E-state index is 13.1. The van der Waals surface area contributed by atoms with Crippen LogP contribution in [0.3, 0.4) is 0 Å². The molecule has 0 bridgehead atoms. The first-order valence-corrected chi connectivity index (χ1v) is 12.4. The fourth-order valence-electron chi connectivity index (χ4n) is 4.57. The third kappa shape index (κ3) is 5.58. The molecule has 190 valence electrons. The Hall–Kier alpha value is -4.33. The van der Waals surface area contributed by atoms with Gasteiger partial charge in [0.25, 0.3) is 5.91 Å². The Kier molecular flexibility index (Phi) is 7.07. The van der Waals surface area contributed by atoms with Crippen LogP contribution in [0.4, 0.5) is 5.69 Å². The molecule has 2 amide bonds. The molecule has 1 aliphatic rings. The van der Waals surface area contributed by atoms with E-state index in [4.69, 9.17) is 9.47 Å². The quantitative estimate of drug-likeness (QED) is 0.399. The highest BCUT2D eigenvalue weighted by Crippen LogP contribution is 2.31. The number of nitrogens with one attached hydrogen (secondary N) is 1. The number of rotatable bonds is 7. The van der Waals surface area contributed by atoms with E-state index in [-0.39, 0.29) is 24.3 Å². The van der Waals surface area contributed by atoms with E-state index in [9.17, 15) is 9.59 Å². The van der Waals surface area contributed by atoms with E-state index in [0.717, 1.165) is 29.7 Å². The third-order valence-corrected chi connectivity index (χ3v) is 6.60. The minimum atomic E-state index is -0.285. The second-order valence-corrected chi connectivity index (χ2v) is 9.30. The van der Waals surface area contributed by atoms with Gasteiger partial charge < -0.3 is 24.1 Å². The van der Waals surface area contributed by atoms with Gasteiger partial charge in [-0.05, 0) is 56.2 Å². The zero-order chi connectivity index (χ0) is 25.8. The Balaban J connectivity index is 1.23. The lowest BCUT2D eigenvalue weighted by molar-refractivity contribution is -0.121. The highest BCUT2D eigenvalue weighted by atomic mass is 16.5. The maximum absolute atomic E-state index is 13.1. The number of benzene rings is 2. The average Bonchev–Trinajstić information content (AvgIpc) is 3.35. The minimum absolute atomic E-state index is 0.0374. The summed E-state index contributed by atoms with van der Waals surface area (Å²) in [6.07, 6.45) is 5.37. The van der Waals surface area contributed by atoms with Gasteiger partial charge in [0.15, 0.2) is 11.5 Å². The van der Waals surface area contributed by atoms with Crippen LogP contribution >= 0.6 is 0 Å². The van der Waals surface area contributed by atoms with Crippen molar-refractivity contribution in [3.05, 3.63) is 89.9 Å². The van der Waals surface area contributed by atoms with E-state index in [0.29, 0.717) is 35.8 Å². The second kappa shape index (κ2) is 10.7. The number of piperidine rings is 1. The van der Waals surface area contributed by atoms with Crippen LogP contribution < -0.4 is 14.8 Å². The van der Waals surface area contributed by atoms with E-state index in [2.05, 4.69) is 10.3 Å². The van der Waals surface area contributed by atoms with Crippen LogP contribution in [0.1, 0.15) is 34.5 Å². The SMILES string of the molecule is COc1ccc(NC(=O)C2CCCN(C(=O)c3ccc(C)cc3)C2)cc1OCc1cn2ccccc2n1. The van der Waals surface area contributed by atoms with Crippen molar-refractivity contribution in [3.8, 4) is 11.5 Å². The van der Waals surface area contributed by atoms with Gasteiger partial charge in [0.1, 0.15) is 12.3 Å². The van der Waals surface area contributed by atoms with E-state index in [1.807, 2.05) is 66.2 Å². The normalized spacial score (nSPS) is 15.4. The molecule has 1 atom stereocenters. The van der Waals surface area contributed by atoms with E-state index < -0.39 is 0 Å². The first-order valence-electron chi connectivity index (χ1n) is 12.4. The van der Waals surface area contributed by atoms with Crippen molar-refractivity contribution in [1.82, 2.24) is 14.3 Å². The van der Waals surface area contributed by atoms with Gasteiger partial charge >= 0.3 is 0 Å². The number of methoxy groups -OCH3 is 1. The van der Waals surface area contributed by atoms with Crippen LogP contribution in [0.15, 0.2) is 73.1 Å². The number of nitrogens with zero attached hydrogens (tertiary/aromatic N) is 3. The smallest absolute Gasteiger partial charge is 0.253 e. The van der Waals surface area contributed by atoms with Crippen molar-refractivity contribution in [2.75, 3.05) is 25.5 Å². The molecule has 37 heavy (non-hydrogen) atoms. The number of carbonyl (C=O) groups excluding carboxylic acids is 2. The number of likely N-dealkylation sites (tertiary alicyclic amines) is 1. The highest BCUT2D eigenvalue weighted by molar-refractivity contribution is 5.96. The Bertz CT molecular complexity index is 1380. The number of aryl methyl sites for hydroxylation is 1. The van der Waals surface area contributed by atoms with E-state index in [1.54, 1.807) is 30.2 Å². The molecule has 3 heterocycles. The lowest BCUT2D eigenvalue weighted by Crippen LogP contribution is -2.43. The maximum Gasteiger partial charge on any atom is 0.253 e. The van der Waals surface area contributed by atoms with Crippen molar-refractivity contribution >= 4 is 23.1 Å². The van der Waals surface area contributed by atoms with Gasteiger partial charge in [-0.15, -0.1) is 0 Å². The number of aromatic nitrogens is 2. The summed E-state index contributed by atoms with van der Waals surface area (Å²) in [5.74, 6) is 0.640. The van der Waals surface area contributed by atoms with Crippen molar-refractivity contribution in [1.29, 1.82) is 0 Å². The fourth-order valence-corrected chi connectivity index (χ4v) is 4.57. The molecule has 1 aliphatic heterocycles. The number of fused-ring (bicyclic) bond motifs is 1. The van der Waals surface area contributed by atoms with Crippen LogP contribution in [0.25, 0.3) is 5.65 Å². The predicted molar refractivity (Wildman–Crippen MR) is 141 cm³/mol. The van der Waals surface area contributed by atoms with Gasteiger partial charge in [-0.3, -0.25) is 9.59 Å². The van der Waals surface area contributed by atoms with Gasteiger partial charge in [-0.1, -0.05) is 23.8 Å². The van der Waals surface area contributed by atoms with Gasteiger partial charge in [-0.25, -0.2) is 4.98 Å². The number of carbonyl (C=O) groups is 2. The summed E-state index contributed by atoms with van der Waals surface area (Å²) in [7, 11) is 1.58. The number of amides is 2. The summed E-state index contributed by atoms with van der Waals surface area (Å²) < 4.78 is 13.4. The lowest BCUT2D eigenvalue weighted by atomic mass is 9.96. The Morgan fingerprint density at radius 2 is 1.92 bits per heavy atom. The molecule has 0 spiro atoms. The third-order valence-electron chi connectivity index (χ3n) is 6.60. The van der Waals surface area contributed by atoms with Crippen molar-refractivity contribution in [2.45, 2.75) is 26.4 Å². The highest BCUT2D eigenvalue weighted by Gasteiger charge is 2.29. The zero-order valence-corrected chi connectivity index (χ0v) is 21.0. The molecule has 4 aromatic rings. The van der Waals surface area contributed by atoms with Crippen LogP contribution in [0.2, 0.25) is 0 Å². The molecule has 8 heteroatoms. The fraction of sp³-hybridized carbons (Fsp3) is 0.276. The molecular weight excluding hydrogens is 468 g/mol. The average molecular weight is 499 g/mol. The molecule has 1 saturated heterocycles. The van der Waals surface area contributed by atoms with Crippen molar-refractivity contribution in [2.24, 2.45) is 5.92 Å². The first kappa shape index (κ1) is 24.4. The Labute approximate surface area is 215 Å². The molecular formula is C29H30N4O4. The van der Waals surface area contributed by atoms with Crippen LogP contribution in [0.5, 0.6) is 11.5 Å². The number of hydrogen-bond donors (Lipinski definition) is 1. The van der Waals surface area contributed by atoms with Crippen molar-refractivity contribution < 1.29 is 19.1 Å².